The maximum Gasteiger partial charge on any atom is 0.269 e. The van der Waals surface area contributed by atoms with E-state index in [-0.39, 0.29) is 5.75 Å². The van der Waals surface area contributed by atoms with Crippen LogP contribution in [-0.4, -0.2) is 49.6 Å². The lowest BCUT2D eigenvalue weighted by molar-refractivity contribution is 0.248. The van der Waals surface area contributed by atoms with E-state index in [0.717, 1.165) is 29.9 Å². The molecule has 0 spiro atoms. The largest absolute Gasteiger partial charge is 0.492 e. The van der Waals surface area contributed by atoms with Crippen LogP contribution in [0.2, 0.25) is 5.15 Å². The van der Waals surface area contributed by atoms with Crippen LogP contribution < -0.4 is 4.74 Å². The molecule has 1 aromatic carbocycles. The predicted molar refractivity (Wildman–Crippen MR) is 110 cm³/mol. The average molecular weight is 478 g/mol. The van der Waals surface area contributed by atoms with Gasteiger partial charge in [0.25, 0.3) is 10.1 Å². The van der Waals surface area contributed by atoms with E-state index in [1.807, 2.05) is 6.07 Å². The van der Waals surface area contributed by atoms with Crippen molar-refractivity contribution in [1.29, 1.82) is 0 Å². The molecule has 148 valence electrons. The lowest BCUT2D eigenvalue weighted by atomic mass is 10.1. The Morgan fingerprint density at radius 3 is 2.63 bits per heavy atom. The van der Waals surface area contributed by atoms with Gasteiger partial charge in [0, 0.05) is 12.5 Å². The summed E-state index contributed by atoms with van der Waals surface area (Å²) < 4.78 is 35.6. The van der Waals surface area contributed by atoms with Gasteiger partial charge in [-0.25, -0.2) is 4.98 Å². The smallest absolute Gasteiger partial charge is 0.269 e. The van der Waals surface area contributed by atoms with Crippen molar-refractivity contribution in [2.75, 3.05) is 26.7 Å². The summed E-state index contributed by atoms with van der Waals surface area (Å²) in [6, 6.07) is 10.4. The molecule has 1 saturated heterocycles. The Balaban J connectivity index is 0.000000208. The van der Waals surface area contributed by atoms with E-state index in [4.69, 9.17) is 20.9 Å². The van der Waals surface area contributed by atoms with Gasteiger partial charge in [0.1, 0.15) is 16.7 Å². The molecule has 0 aliphatic carbocycles. The molecular weight excluding hydrogens is 456 g/mol. The van der Waals surface area contributed by atoms with E-state index in [2.05, 4.69) is 32.9 Å². The second kappa shape index (κ2) is 10.4. The highest BCUT2D eigenvalue weighted by atomic mass is 79.9. The number of likely N-dealkylation sites (tertiary alicyclic amines) is 1. The van der Waals surface area contributed by atoms with Gasteiger partial charge in [0.15, 0.2) is 0 Å². The fourth-order valence-electron chi connectivity index (χ4n) is 2.64. The number of halogens is 2. The fourth-order valence-corrected chi connectivity index (χ4v) is 3.69. The van der Waals surface area contributed by atoms with Crippen molar-refractivity contribution in [3.63, 3.8) is 0 Å². The number of aromatic nitrogens is 1. The van der Waals surface area contributed by atoms with Crippen LogP contribution in [0.5, 0.6) is 5.75 Å². The number of hydrogen-bond acceptors (Lipinski definition) is 5. The minimum atomic E-state index is -3.88. The summed E-state index contributed by atoms with van der Waals surface area (Å²) >= 11 is 9.13. The van der Waals surface area contributed by atoms with Gasteiger partial charge in [-0.15, -0.1) is 0 Å². The van der Waals surface area contributed by atoms with Crippen LogP contribution in [0.25, 0.3) is 0 Å². The Morgan fingerprint density at radius 2 is 2.07 bits per heavy atom. The topological polar surface area (TPSA) is 79.7 Å². The summed E-state index contributed by atoms with van der Waals surface area (Å²) in [4.78, 5) is 6.35. The summed E-state index contributed by atoms with van der Waals surface area (Å²) in [6.07, 6.45) is 2.87. The van der Waals surface area contributed by atoms with Gasteiger partial charge in [0.2, 0.25) is 0 Å². The monoisotopic (exact) mass is 476 g/mol. The Kier molecular flexibility index (Phi) is 8.50. The first kappa shape index (κ1) is 22.1. The molecule has 27 heavy (non-hydrogen) atoms. The van der Waals surface area contributed by atoms with Crippen LogP contribution in [0.1, 0.15) is 12.0 Å². The number of ether oxygens (including phenoxy) is 1. The number of rotatable bonds is 5. The van der Waals surface area contributed by atoms with Crippen LogP contribution in [-0.2, 0) is 15.9 Å². The summed E-state index contributed by atoms with van der Waals surface area (Å²) in [5.74, 6) is 1.08. The minimum Gasteiger partial charge on any atom is -0.492 e. The van der Waals surface area contributed by atoms with Gasteiger partial charge in [0.05, 0.1) is 17.3 Å². The van der Waals surface area contributed by atoms with Crippen molar-refractivity contribution < 1.29 is 17.7 Å². The lowest BCUT2D eigenvalue weighted by Crippen LogP contribution is -2.17. The first-order valence-corrected chi connectivity index (χ1v) is 11.1. The molecule has 9 heteroatoms. The summed E-state index contributed by atoms with van der Waals surface area (Å²) in [5, 5.41) is 0.466. The van der Waals surface area contributed by atoms with Crippen LogP contribution >= 0.6 is 27.5 Å². The van der Waals surface area contributed by atoms with E-state index in [1.54, 1.807) is 36.5 Å². The molecule has 0 amide bonds. The zero-order chi connectivity index (χ0) is 19.9. The summed E-state index contributed by atoms with van der Waals surface area (Å²) in [6.45, 7) is 3.03. The third-order valence-electron chi connectivity index (χ3n) is 3.94. The molecule has 0 radical (unpaired) electrons. The number of nitrogens with zero attached hydrogens (tertiary/aromatic N) is 2. The summed E-state index contributed by atoms with van der Waals surface area (Å²) in [7, 11) is -1.74. The van der Waals surface area contributed by atoms with Crippen molar-refractivity contribution in [1.82, 2.24) is 9.88 Å². The van der Waals surface area contributed by atoms with E-state index in [0.29, 0.717) is 16.6 Å². The Labute approximate surface area is 173 Å². The minimum absolute atomic E-state index is 0.312. The molecule has 1 aliphatic rings. The molecule has 1 aliphatic heterocycles. The molecule has 3 rings (SSSR count). The average Bonchev–Trinajstić information content (AvgIpc) is 3.01. The fraction of sp³-hybridized carbons (Fsp3) is 0.389. The molecule has 6 nitrogen and oxygen atoms in total. The van der Waals surface area contributed by atoms with Gasteiger partial charge >= 0.3 is 0 Å². The van der Waals surface area contributed by atoms with Crippen LogP contribution in [0, 0.1) is 5.92 Å². The maximum absolute atomic E-state index is 10.4. The van der Waals surface area contributed by atoms with E-state index in [1.165, 1.54) is 6.42 Å². The highest BCUT2D eigenvalue weighted by Gasteiger charge is 2.19. The molecule has 1 fully saturated rings. The first-order valence-electron chi connectivity index (χ1n) is 8.34. The Hall–Kier alpha value is -1.19. The molecule has 0 saturated carbocycles. The number of benzene rings is 1. The zero-order valence-corrected chi connectivity index (χ0v) is 18.0. The van der Waals surface area contributed by atoms with Crippen molar-refractivity contribution >= 4 is 37.6 Å². The molecular formula is C18H22BrClN2O4S. The van der Waals surface area contributed by atoms with E-state index in [9.17, 15) is 8.42 Å². The van der Waals surface area contributed by atoms with Crippen molar-refractivity contribution in [2.45, 2.75) is 12.2 Å². The third kappa shape index (κ3) is 8.57. The lowest BCUT2D eigenvalue weighted by Gasteiger charge is -2.12. The zero-order valence-electron chi connectivity index (χ0n) is 14.9. The van der Waals surface area contributed by atoms with Gasteiger partial charge in [-0.2, -0.15) is 8.42 Å². The van der Waals surface area contributed by atoms with E-state index >= 15 is 0 Å². The molecule has 2 heterocycles. The van der Waals surface area contributed by atoms with Crippen LogP contribution in [0.4, 0.5) is 0 Å². The predicted octanol–water partition coefficient (Wildman–Crippen LogP) is 3.90. The normalized spacial score (nSPS) is 17.3. The standard InChI is InChI=1S/C11H14BrClN2O.C7H8O3S/c1-15-3-2-8(6-15)7-16-9-4-10(12)11(13)14-5-9;8-11(9,10)6-7-4-2-1-3-5-7/h4-5,8H,2-3,6-7H2,1H3;1-5H,6H2,(H,8,9,10). The van der Waals surface area contributed by atoms with Gasteiger partial charge in [-0.05, 0) is 47.6 Å². The molecule has 0 bridgehead atoms. The molecule has 1 unspecified atom stereocenters. The SMILES string of the molecule is CN1CCC(COc2cnc(Cl)c(Br)c2)C1.O=S(=O)(O)Cc1ccccc1. The Morgan fingerprint density at radius 1 is 1.37 bits per heavy atom. The van der Waals surface area contributed by atoms with Crippen molar-refractivity contribution in [3.05, 3.63) is 57.8 Å². The van der Waals surface area contributed by atoms with Crippen LogP contribution in [0.3, 0.4) is 0 Å². The molecule has 1 aromatic heterocycles. The second-order valence-corrected chi connectivity index (χ2v) is 9.05. The van der Waals surface area contributed by atoms with Crippen LogP contribution in [0.15, 0.2) is 47.1 Å². The third-order valence-corrected chi connectivity index (χ3v) is 5.77. The second-order valence-electron chi connectivity index (χ2n) is 6.38. The molecule has 2 aromatic rings. The van der Waals surface area contributed by atoms with Gasteiger partial charge in [-0.3, -0.25) is 4.55 Å². The molecule has 1 atom stereocenters. The first-order chi connectivity index (χ1) is 12.7. The quantitative estimate of drug-likeness (QED) is 0.520. The summed E-state index contributed by atoms with van der Waals surface area (Å²) in [5.41, 5.74) is 0.593. The highest BCUT2D eigenvalue weighted by Crippen LogP contribution is 2.25. The number of pyridine rings is 1. The van der Waals surface area contributed by atoms with Gasteiger partial charge in [-0.1, -0.05) is 41.9 Å². The van der Waals surface area contributed by atoms with Gasteiger partial charge < -0.3 is 9.64 Å². The maximum atomic E-state index is 10.4. The number of hydrogen-bond donors (Lipinski definition) is 1. The van der Waals surface area contributed by atoms with E-state index < -0.39 is 10.1 Å². The molecule has 1 N–H and O–H groups in total. The Bertz CT molecular complexity index is 837. The highest BCUT2D eigenvalue weighted by molar-refractivity contribution is 9.10. The van der Waals surface area contributed by atoms with Crippen molar-refractivity contribution in [2.24, 2.45) is 5.92 Å². The van der Waals surface area contributed by atoms with Crippen molar-refractivity contribution in [3.8, 4) is 5.75 Å².